The maximum absolute atomic E-state index is 3.91. The van der Waals surface area contributed by atoms with Gasteiger partial charge >= 0.3 is 0 Å². The van der Waals surface area contributed by atoms with Crippen molar-refractivity contribution in [2.45, 2.75) is 19.3 Å². The fourth-order valence-electron chi connectivity index (χ4n) is 8.12. The molecule has 1 nitrogen and oxygen atoms in total. The average Bonchev–Trinajstić information content (AvgIpc) is 3.44. The van der Waals surface area contributed by atoms with E-state index in [0.717, 1.165) is 11.4 Å². The van der Waals surface area contributed by atoms with E-state index in [4.69, 9.17) is 0 Å². The summed E-state index contributed by atoms with van der Waals surface area (Å²) in [6.45, 7) is 4.75. The monoisotopic (exact) mass is 665 g/mol. The van der Waals surface area contributed by atoms with E-state index in [0.29, 0.717) is 0 Å². The van der Waals surface area contributed by atoms with Gasteiger partial charge in [0.1, 0.15) is 0 Å². The molecule has 0 amide bonds. The minimum Gasteiger partial charge on any atom is -0.355 e. The highest BCUT2D eigenvalue weighted by Gasteiger charge is 2.38. The zero-order valence-electron chi connectivity index (χ0n) is 29.5. The van der Waals surface area contributed by atoms with E-state index in [9.17, 15) is 0 Å². The molecule has 0 heterocycles. The van der Waals surface area contributed by atoms with Crippen LogP contribution in [0.4, 0.5) is 11.4 Å². The Kier molecular flexibility index (Phi) is 7.90. The number of benzene rings is 8. The Morgan fingerprint density at radius 3 is 1.46 bits per heavy atom. The molecular weight excluding hydrogens is 627 g/mol. The molecule has 0 unspecified atom stereocenters. The van der Waals surface area contributed by atoms with E-state index in [-0.39, 0.29) is 5.41 Å². The molecule has 0 bridgehead atoms. The Balaban J connectivity index is 1.20. The summed E-state index contributed by atoms with van der Waals surface area (Å²) in [5.41, 5.74) is 19.5. The van der Waals surface area contributed by atoms with Gasteiger partial charge in [0.05, 0.1) is 0 Å². The van der Waals surface area contributed by atoms with E-state index in [1.165, 1.54) is 77.9 Å². The molecule has 0 saturated heterocycles. The van der Waals surface area contributed by atoms with Crippen LogP contribution in [0.2, 0.25) is 0 Å². The molecule has 0 atom stereocenters. The van der Waals surface area contributed by atoms with Gasteiger partial charge in [0, 0.05) is 22.4 Å². The zero-order chi connectivity index (χ0) is 35.1. The minimum atomic E-state index is -0.166. The van der Waals surface area contributed by atoms with Gasteiger partial charge in [-0.15, -0.1) is 0 Å². The molecule has 0 aromatic heterocycles. The van der Waals surface area contributed by atoms with E-state index in [2.05, 4.69) is 213 Å². The average molecular weight is 666 g/mol. The highest BCUT2D eigenvalue weighted by molar-refractivity contribution is 5.95. The van der Waals surface area contributed by atoms with Crippen LogP contribution in [0.3, 0.4) is 0 Å². The van der Waals surface area contributed by atoms with Crippen LogP contribution in [-0.4, -0.2) is 0 Å². The Morgan fingerprint density at radius 2 is 0.827 bits per heavy atom. The predicted octanol–water partition coefficient (Wildman–Crippen LogP) is 14.1. The number of nitrogens with one attached hydrogen (secondary N) is 1. The molecular formula is C51H39N. The quantitative estimate of drug-likeness (QED) is 0.179. The highest BCUT2D eigenvalue weighted by atomic mass is 14.9. The summed E-state index contributed by atoms with van der Waals surface area (Å²) in [7, 11) is 0. The van der Waals surface area contributed by atoms with Crippen molar-refractivity contribution in [3.05, 3.63) is 205 Å². The molecule has 0 radical (unpaired) electrons. The summed E-state index contributed by atoms with van der Waals surface area (Å²) >= 11 is 0. The van der Waals surface area contributed by atoms with E-state index >= 15 is 0 Å². The molecule has 0 saturated carbocycles. The minimum absolute atomic E-state index is 0.166. The number of anilines is 2. The van der Waals surface area contributed by atoms with Crippen molar-refractivity contribution in [2.24, 2.45) is 0 Å². The van der Waals surface area contributed by atoms with Crippen LogP contribution in [0.5, 0.6) is 0 Å². The van der Waals surface area contributed by atoms with Gasteiger partial charge in [0.15, 0.2) is 0 Å². The lowest BCUT2D eigenvalue weighted by Gasteiger charge is -2.25. The molecule has 248 valence electrons. The summed E-state index contributed by atoms with van der Waals surface area (Å²) in [4.78, 5) is 0. The molecule has 0 aliphatic heterocycles. The normalized spacial score (nSPS) is 12.6. The van der Waals surface area contributed by atoms with Crippen molar-refractivity contribution in [2.75, 3.05) is 5.32 Å². The molecule has 52 heavy (non-hydrogen) atoms. The van der Waals surface area contributed by atoms with Crippen LogP contribution in [0, 0.1) is 0 Å². The smallest absolute Gasteiger partial charge is 0.0464 e. The van der Waals surface area contributed by atoms with Crippen molar-refractivity contribution in [1.29, 1.82) is 0 Å². The van der Waals surface area contributed by atoms with Gasteiger partial charge in [-0.3, -0.25) is 0 Å². The molecule has 0 fully saturated rings. The van der Waals surface area contributed by atoms with E-state index in [1.54, 1.807) is 0 Å². The molecule has 9 rings (SSSR count). The summed E-state index contributed by atoms with van der Waals surface area (Å²) < 4.78 is 0. The van der Waals surface area contributed by atoms with Crippen LogP contribution in [-0.2, 0) is 5.41 Å². The molecule has 0 spiro atoms. The fourth-order valence-corrected chi connectivity index (χ4v) is 8.12. The van der Waals surface area contributed by atoms with Crippen LogP contribution in [0.15, 0.2) is 194 Å². The maximum atomic E-state index is 3.91. The van der Waals surface area contributed by atoms with Gasteiger partial charge in [-0.25, -0.2) is 0 Å². The second kappa shape index (κ2) is 13.0. The van der Waals surface area contributed by atoms with Crippen molar-refractivity contribution in [3.63, 3.8) is 0 Å². The Bertz CT molecular complexity index is 2530. The van der Waals surface area contributed by atoms with Crippen molar-refractivity contribution >= 4 is 11.4 Å². The number of rotatable bonds is 7. The second-order valence-corrected chi connectivity index (χ2v) is 14.2. The van der Waals surface area contributed by atoms with Crippen LogP contribution in [0.25, 0.3) is 66.8 Å². The number of hydrogen-bond acceptors (Lipinski definition) is 1. The third-order valence-electron chi connectivity index (χ3n) is 10.6. The highest BCUT2D eigenvalue weighted by Crippen LogP contribution is 2.54. The van der Waals surface area contributed by atoms with E-state index in [1.807, 2.05) is 0 Å². The molecule has 1 N–H and O–H groups in total. The first-order valence-electron chi connectivity index (χ1n) is 18.1. The van der Waals surface area contributed by atoms with E-state index < -0.39 is 0 Å². The van der Waals surface area contributed by atoms with Crippen LogP contribution in [0.1, 0.15) is 25.0 Å². The first-order valence-corrected chi connectivity index (χ1v) is 18.1. The van der Waals surface area contributed by atoms with Crippen molar-refractivity contribution in [1.82, 2.24) is 0 Å². The lowest BCUT2D eigenvalue weighted by molar-refractivity contribution is 0.662. The van der Waals surface area contributed by atoms with Crippen molar-refractivity contribution < 1.29 is 0 Å². The Hall–Kier alpha value is -6.44. The zero-order valence-corrected chi connectivity index (χ0v) is 29.5. The van der Waals surface area contributed by atoms with Gasteiger partial charge < -0.3 is 5.32 Å². The third kappa shape index (κ3) is 5.61. The van der Waals surface area contributed by atoms with Crippen LogP contribution >= 0.6 is 0 Å². The maximum Gasteiger partial charge on any atom is 0.0464 e. The lowest BCUT2D eigenvalue weighted by Crippen LogP contribution is -2.16. The molecule has 8 aromatic carbocycles. The summed E-state index contributed by atoms with van der Waals surface area (Å²) in [5.74, 6) is 0. The molecule has 1 heteroatoms. The van der Waals surface area contributed by atoms with Crippen molar-refractivity contribution in [3.8, 4) is 66.8 Å². The Morgan fingerprint density at radius 1 is 0.327 bits per heavy atom. The number of fused-ring (bicyclic) bond motifs is 3. The molecule has 8 aromatic rings. The first-order chi connectivity index (χ1) is 25.5. The SMILES string of the molecule is CC1(C)c2ccc(Nc3ccc(-c4ccccc4)cc3-c3ccccc3-c3ccccc3)cc2-c2cc(-c3ccccc3)cc(-c3ccccc3)c21. The summed E-state index contributed by atoms with van der Waals surface area (Å²) in [6, 6.07) is 70.3. The topological polar surface area (TPSA) is 12.0 Å². The van der Waals surface area contributed by atoms with Gasteiger partial charge in [-0.2, -0.15) is 0 Å². The van der Waals surface area contributed by atoms with Crippen LogP contribution < -0.4 is 5.32 Å². The van der Waals surface area contributed by atoms with Gasteiger partial charge in [-0.05, 0) is 109 Å². The lowest BCUT2D eigenvalue weighted by atomic mass is 9.78. The fraction of sp³-hybridized carbons (Fsp3) is 0.0588. The second-order valence-electron chi connectivity index (χ2n) is 14.2. The summed E-state index contributed by atoms with van der Waals surface area (Å²) in [5, 5.41) is 3.91. The van der Waals surface area contributed by atoms with Gasteiger partial charge in [0.2, 0.25) is 0 Å². The third-order valence-corrected chi connectivity index (χ3v) is 10.6. The van der Waals surface area contributed by atoms with Gasteiger partial charge in [0.25, 0.3) is 0 Å². The Labute approximate surface area is 306 Å². The first kappa shape index (κ1) is 31.5. The number of hydrogen-bond donors (Lipinski definition) is 1. The molecule has 1 aliphatic rings. The largest absolute Gasteiger partial charge is 0.355 e. The standard InChI is InChI=1S/C51H39N/c1-51(2)48-29-28-41(34-45(48)47-33-40(36-19-9-4-10-20-36)32-44(50(47)51)38-23-13-6-14-24-38)52-49-30-27-39(35-17-7-3-8-18-35)31-46(49)43-26-16-15-25-42(43)37-21-11-5-12-22-37/h3-34,52H,1-2H3. The summed E-state index contributed by atoms with van der Waals surface area (Å²) in [6.07, 6.45) is 0. The van der Waals surface area contributed by atoms with Gasteiger partial charge in [-0.1, -0.05) is 172 Å². The molecule has 1 aliphatic carbocycles. The predicted molar refractivity (Wildman–Crippen MR) is 221 cm³/mol.